The third-order valence-electron chi connectivity index (χ3n) is 5.95. The van der Waals surface area contributed by atoms with Crippen molar-refractivity contribution >= 4 is 23.2 Å². The van der Waals surface area contributed by atoms with E-state index in [1.165, 1.54) is 0 Å². The van der Waals surface area contributed by atoms with E-state index < -0.39 is 5.41 Å². The summed E-state index contributed by atoms with van der Waals surface area (Å²) in [5, 5.41) is 9.27. The van der Waals surface area contributed by atoms with Crippen LogP contribution in [0.3, 0.4) is 0 Å². The number of ether oxygens (including phenoxy) is 1. The number of rotatable bonds is 7. The van der Waals surface area contributed by atoms with E-state index in [0.717, 1.165) is 36.4 Å². The standard InChI is InChI=1S/C24H33N3O3S/c1-24(2,3)23(29)27-20(22-25-13-14-31-22)17-7-5-16(6-8-17)15-26-21(28)18-9-11-19(30-4)12-10-18/h9-14,16-17,20H,5-8,15H2,1-4H3,(H,26,28)(H,27,29)/t16?,17?,20-/m1/s1. The number of benzene rings is 1. The van der Waals surface area contributed by atoms with Gasteiger partial charge in [-0.15, -0.1) is 11.3 Å². The van der Waals surface area contributed by atoms with Crippen molar-refractivity contribution in [2.75, 3.05) is 13.7 Å². The Morgan fingerprint density at radius 2 is 1.84 bits per heavy atom. The molecule has 6 nitrogen and oxygen atoms in total. The summed E-state index contributed by atoms with van der Waals surface area (Å²) in [5.74, 6) is 1.56. The molecule has 1 aliphatic rings. The molecule has 0 unspecified atom stereocenters. The fourth-order valence-electron chi connectivity index (χ4n) is 3.93. The number of nitrogens with zero attached hydrogens (tertiary/aromatic N) is 1. The van der Waals surface area contributed by atoms with Crippen LogP contribution in [0.2, 0.25) is 0 Å². The van der Waals surface area contributed by atoms with Gasteiger partial charge in [0.2, 0.25) is 5.91 Å². The first-order chi connectivity index (χ1) is 14.8. The van der Waals surface area contributed by atoms with Crippen LogP contribution in [0, 0.1) is 17.3 Å². The highest BCUT2D eigenvalue weighted by molar-refractivity contribution is 7.09. The maximum absolute atomic E-state index is 12.6. The van der Waals surface area contributed by atoms with E-state index >= 15 is 0 Å². The molecule has 2 N–H and O–H groups in total. The molecule has 0 saturated heterocycles. The number of nitrogens with one attached hydrogen (secondary N) is 2. The van der Waals surface area contributed by atoms with Crippen LogP contribution in [0.1, 0.15) is 67.9 Å². The minimum atomic E-state index is -0.432. The van der Waals surface area contributed by atoms with Gasteiger partial charge in [-0.2, -0.15) is 0 Å². The fraction of sp³-hybridized carbons (Fsp3) is 0.542. The van der Waals surface area contributed by atoms with Crippen molar-refractivity contribution in [2.45, 2.75) is 52.5 Å². The second kappa shape index (κ2) is 10.3. The van der Waals surface area contributed by atoms with Gasteiger partial charge in [0.25, 0.3) is 5.91 Å². The molecule has 0 bridgehead atoms. The van der Waals surface area contributed by atoms with E-state index in [-0.39, 0.29) is 17.9 Å². The number of methoxy groups -OCH3 is 1. The molecule has 1 saturated carbocycles. The molecule has 7 heteroatoms. The van der Waals surface area contributed by atoms with Crippen LogP contribution < -0.4 is 15.4 Å². The van der Waals surface area contributed by atoms with E-state index in [1.54, 1.807) is 48.9 Å². The minimum Gasteiger partial charge on any atom is -0.497 e. The molecule has 1 aromatic heterocycles. The minimum absolute atomic E-state index is 0.0402. The lowest BCUT2D eigenvalue weighted by atomic mass is 9.78. The molecule has 1 atom stereocenters. The molecule has 1 fully saturated rings. The van der Waals surface area contributed by atoms with Gasteiger partial charge in [-0.3, -0.25) is 9.59 Å². The van der Waals surface area contributed by atoms with Crippen molar-refractivity contribution < 1.29 is 14.3 Å². The number of hydrogen-bond acceptors (Lipinski definition) is 5. The van der Waals surface area contributed by atoms with E-state index in [9.17, 15) is 9.59 Å². The van der Waals surface area contributed by atoms with Crippen molar-refractivity contribution in [3.05, 3.63) is 46.4 Å². The third kappa shape index (κ3) is 6.29. The quantitative estimate of drug-likeness (QED) is 0.656. The van der Waals surface area contributed by atoms with Crippen LogP contribution >= 0.6 is 11.3 Å². The van der Waals surface area contributed by atoms with Gasteiger partial charge >= 0.3 is 0 Å². The lowest BCUT2D eigenvalue weighted by Crippen LogP contribution is -2.41. The molecular weight excluding hydrogens is 410 g/mol. The van der Waals surface area contributed by atoms with Crippen LogP contribution in [0.15, 0.2) is 35.8 Å². The highest BCUT2D eigenvalue weighted by Gasteiger charge is 2.33. The molecule has 2 amide bonds. The number of carbonyl (C=O) groups is 2. The summed E-state index contributed by atoms with van der Waals surface area (Å²) in [6, 6.07) is 7.11. The summed E-state index contributed by atoms with van der Waals surface area (Å²) in [6.45, 7) is 6.48. The Balaban J connectivity index is 1.53. The van der Waals surface area contributed by atoms with Crippen LogP contribution in [-0.4, -0.2) is 30.5 Å². The molecule has 3 rings (SSSR count). The highest BCUT2D eigenvalue weighted by Crippen LogP contribution is 2.38. The maximum Gasteiger partial charge on any atom is 0.251 e. The molecule has 0 spiro atoms. The first kappa shape index (κ1) is 23.3. The number of hydrogen-bond donors (Lipinski definition) is 2. The summed E-state index contributed by atoms with van der Waals surface area (Å²) >= 11 is 1.60. The molecular formula is C24H33N3O3S. The lowest BCUT2D eigenvalue weighted by Gasteiger charge is -2.34. The average molecular weight is 444 g/mol. The van der Waals surface area contributed by atoms with E-state index in [2.05, 4.69) is 15.6 Å². The van der Waals surface area contributed by atoms with Crippen LogP contribution in [0.25, 0.3) is 0 Å². The first-order valence-corrected chi connectivity index (χ1v) is 11.8. The van der Waals surface area contributed by atoms with E-state index in [1.807, 2.05) is 26.2 Å². The Kier molecular flexibility index (Phi) is 7.70. The first-order valence-electron chi connectivity index (χ1n) is 10.9. The van der Waals surface area contributed by atoms with Crippen LogP contribution in [0.5, 0.6) is 5.75 Å². The predicted molar refractivity (Wildman–Crippen MR) is 123 cm³/mol. The van der Waals surface area contributed by atoms with Gasteiger partial charge in [-0.05, 0) is 61.8 Å². The fourth-order valence-corrected chi connectivity index (χ4v) is 4.72. The summed E-state index contributed by atoms with van der Waals surface area (Å²) in [5.41, 5.74) is 0.210. The summed E-state index contributed by atoms with van der Waals surface area (Å²) < 4.78 is 5.14. The number of aromatic nitrogens is 1. The Labute approximate surface area is 188 Å². The summed E-state index contributed by atoms with van der Waals surface area (Å²) in [4.78, 5) is 29.6. The van der Waals surface area contributed by atoms with E-state index in [0.29, 0.717) is 23.9 Å². The van der Waals surface area contributed by atoms with Crippen LogP contribution in [-0.2, 0) is 4.79 Å². The third-order valence-corrected chi connectivity index (χ3v) is 6.81. The van der Waals surface area contributed by atoms with Gasteiger partial charge in [0, 0.05) is 29.1 Å². The van der Waals surface area contributed by atoms with Crippen molar-refractivity contribution in [2.24, 2.45) is 17.3 Å². The SMILES string of the molecule is COc1ccc(C(=O)NCC2CCC([C@@H](NC(=O)C(C)(C)C)c3nccs3)CC2)cc1. The summed E-state index contributed by atoms with van der Waals surface area (Å²) in [6.07, 6.45) is 5.88. The van der Waals surface area contributed by atoms with Crippen molar-refractivity contribution in [3.63, 3.8) is 0 Å². The van der Waals surface area contributed by atoms with Crippen molar-refractivity contribution in [1.29, 1.82) is 0 Å². The average Bonchev–Trinajstić information content (AvgIpc) is 3.30. The van der Waals surface area contributed by atoms with E-state index in [4.69, 9.17) is 4.74 Å². The zero-order valence-electron chi connectivity index (χ0n) is 18.8. The largest absolute Gasteiger partial charge is 0.497 e. The van der Waals surface area contributed by atoms with Gasteiger partial charge in [0.1, 0.15) is 10.8 Å². The molecule has 0 aliphatic heterocycles. The zero-order chi connectivity index (χ0) is 22.4. The topological polar surface area (TPSA) is 80.3 Å². The predicted octanol–water partition coefficient (Wildman–Crippen LogP) is 4.59. The second-order valence-electron chi connectivity index (χ2n) is 9.29. The molecule has 1 heterocycles. The van der Waals surface area contributed by atoms with Gasteiger partial charge in [-0.1, -0.05) is 20.8 Å². The van der Waals surface area contributed by atoms with Crippen molar-refractivity contribution in [1.82, 2.24) is 15.6 Å². The molecule has 168 valence electrons. The second-order valence-corrected chi connectivity index (χ2v) is 10.2. The number of carbonyl (C=O) groups excluding carboxylic acids is 2. The Morgan fingerprint density at radius 1 is 1.16 bits per heavy atom. The van der Waals surface area contributed by atoms with Gasteiger partial charge in [0.05, 0.1) is 13.2 Å². The normalized spacial score (nSPS) is 20.0. The van der Waals surface area contributed by atoms with Gasteiger partial charge in [0.15, 0.2) is 0 Å². The number of amides is 2. The molecule has 31 heavy (non-hydrogen) atoms. The summed E-state index contributed by atoms with van der Waals surface area (Å²) in [7, 11) is 1.61. The molecule has 2 aromatic rings. The smallest absolute Gasteiger partial charge is 0.251 e. The highest BCUT2D eigenvalue weighted by atomic mass is 32.1. The molecule has 1 aliphatic carbocycles. The van der Waals surface area contributed by atoms with Gasteiger partial charge in [-0.25, -0.2) is 4.98 Å². The lowest BCUT2D eigenvalue weighted by molar-refractivity contribution is -0.129. The monoisotopic (exact) mass is 443 g/mol. The molecule has 1 aromatic carbocycles. The van der Waals surface area contributed by atoms with Crippen molar-refractivity contribution in [3.8, 4) is 5.75 Å². The molecule has 0 radical (unpaired) electrons. The van der Waals surface area contributed by atoms with Gasteiger partial charge < -0.3 is 15.4 Å². The van der Waals surface area contributed by atoms with Crippen LogP contribution in [0.4, 0.5) is 0 Å². The maximum atomic E-state index is 12.6. The zero-order valence-corrected chi connectivity index (χ0v) is 19.6. The Hall–Kier alpha value is -2.41. The Morgan fingerprint density at radius 3 is 2.39 bits per heavy atom. The Bertz CT molecular complexity index is 851. The number of thiazole rings is 1.